The van der Waals surface area contributed by atoms with Gasteiger partial charge in [-0.3, -0.25) is 0 Å². The Morgan fingerprint density at radius 2 is 1.12 bits per heavy atom. The summed E-state index contributed by atoms with van der Waals surface area (Å²) in [6.45, 7) is 19.1. The maximum Gasteiger partial charge on any atom is 0.253 e. The summed E-state index contributed by atoms with van der Waals surface area (Å²) < 4.78 is 5.39. The summed E-state index contributed by atoms with van der Waals surface area (Å²) >= 11 is 0. The minimum absolute atomic E-state index is 0.0323. The van der Waals surface area contributed by atoms with Crippen LogP contribution in [0, 0.1) is 13.8 Å². The Morgan fingerprint density at radius 3 is 1.82 bits per heavy atom. The van der Waals surface area contributed by atoms with E-state index >= 15 is 0 Å². The summed E-state index contributed by atoms with van der Waals surface area (Å²) in [6, 6.07) is 45.6. The number of fused-ring (bicyclic) bond motifs is 13. The SMILES string of the molecule is Cc1c(C)n2c3c(c4ccccc4cc13)B1c3c-2ccc2c3-n3c4c1cc(C(C)(C)C)cc4c1cc(C(C)(C)C)cc(c13)C21c2ccccc2-c2ccccc21. The van der Waals surface area contributed by atoms with E-state index in [-0.39, 0.29) is 17.5 Å². The predicted molar refractivity (Wildman–Crippen MR) is 238 cm³/mol. The summed E-state index contributed by atoms with van der Waals surface area (Å²) in [5, 5.41) is 6.83. The second kappa shape index (κ2) is 9.59. The maximum atomic E-state index is 2.76. The van der Waals surface area contributed by atoms with Crippen molar-refractivity contribution < 1.29 is 0 Å². The standard InChI is InChI=1S/C53H43BN2/c1-28-29(2)55-44-22-21-41-50-46(44)54(45-33-16-10-9-15-30(33)23-36(28)49(45)55)43-27-32(52(6,7)8)25-38-37-24-31(51(3,4)5)26-42(47(37)56(50)48(38)43)53(41)39-19-13-11-17-34(39)35-18-12-14-20-40(35)53/h9-27H,1-8H3. The fraction of sp³-hybridized carbons (Fsp3) is 0.208. The highest BCUT2D eigenvalue weighted by Gasteiger charge is 2.54. The van der Waals surface area contributed by atoms with Crippen LogP contribution in [0.5, 0.6) is 0 Å². The summed E-state index contributed by atoms with van der Waals surface area (Å²) in [7, 11) is 0. The average molecular weight is 719 g/mol. The molecule has 0 bridgehead atoms. The van der Waals surface area contributed by atoms with Crippen LogP contribution in [-0.2, 0) is 16.2 Å². The highest BCUT2D eigenvalue weighted by atomic mass is 15.1. The predicted octanol–water partition coefficient (Wildman–Crippen LogP) is 10.9. The number of benzene rings is 7. The first kappa shape index (κ1) is 31.4. The van der Waals surface area contributed by atoms with E-state index < -0.39 is 5.41 Å². The van der Waals surface area contributed by atoms with Gasteiger partial charge in [0.25, 0.3) is 6.71 Å². The van der Waals surface area contributed by atoms with Crippen LogP contribution in [0.2, 0.25) is 0 Å². The zero-order chi connectivity index (χ0) is 37.9. The molecule has 0 radical (unpaired) electrons. The summed E-state index contributed by atoms with van der Waals surface area (Å²) in [4.78, 5) is 0. The normalized spacial score (nSPS) is 15.2. The average Bonchev–Trinajstić information content (AvgIpc) is 3.77. The molecule has 4 aliphatic rings. The third-order valence-electron chi connectivity index (χ3n) is 14.6. The Morgan fingerprint density at radius 1 is 0.500 bits per heavy atom. The Balaban J connectivity index is 1.36. The Labute approximate surface area is 328 Å². The Kier molecular flexibility index (Phi) is 5.38. The van der Waals surface area contributed by atoms with E-state index in [2.05, 4.69) is 180 Å². The van der Waals surface area contributed by atoms with Crippen LogP contribution in [0.25, 0.3) is 66.0 Å². The maximum absolute atomic E-state index is 2.76. The third kappa shape index (κ3) is 3.31. The molecule has 0 saturated heterocycles. The largest absolute Gasteiger partial charge is 0.315 e. The van der Waals surface area contributed by atoms with Crippen LogP contribution in [0.1, 0.15) is 86.2 Å². The number of rotatable bonds is 0. The van der Waals surface area contributed by atoms with Crippen molar-refractivity contribution in [3.8, 4) is 22.5 Å². The van der Waals surface area contributed by atoms with Gasteiger partial charge in [-0.2, -0.15) is 0 Å². The van der Waals surface area contributed by atoms with Gasteiger partial charge in [0, 0.05) is 44.3 Å². The summed E-state index contributed by atoms with van der Waals surface area (Å²) in [6.07, 6.45) is 0. The molecule has 7 aromatic carbocycles. The minimum atomic E-state index is -0.480. The van der Waals surface area contributed by atoms with Crippen LogP contribution in [0.3, 0.4) is 0 Å². The van der Waals surface area contributed by atoms with Crippen molar-refractivity contribution in [1.29, 1.82) is 0 Å². The fourth-order valence-electron chi connectivity index (χ4n) is 12.0. The van der Waals surface area contributed by atoms with Crippen molar-refractivity contribution in [3.63, 3.8) is 0 Å². The van der Waals surface area contributed by atoms with Crippen molar-refractivity contribution >= 4 is 66.6 Å². The van der Waals surface area contributed by atoms with Crippen molar-refractivity contribution in [2.24, 2.45) is 0 Å². The molecule has 2 aromatic heterocycles. The molecule has 1 aliphatic carbocycles. The van der Waals surface area contributed by atoms with Gasteiger partial charge in [-0.15, -0.1) is 0 Å². The van der Waals surface area contributed by atoms with E-state index in [4.69, 9.17) is 0 Å². The van der Waals surface area contributed by atoms with Gasteiger partial charge in [0.05, 0.1) is 10.9 Å². The van der Waals surface area contributed by atoms with Crippen molar-refractivity contribution in [2.45, 2.75) is 71.6 Å². The minimum Gasteiger partial charge on any atom is -0.315 e. The Hall–Kier alpha value is -5.80. The van der Waals surface area contributed by atoms with E-state index in [1.807, 2.05) is 0 Å². The molecule has 0 fully saturated rings. The van der Waals surface area contributed by atoms with Crippen molar-refractivity contribution in [3.05, 3.63) is 160 Å². The molecule has 0 N–H and O–H groups in total. The monoisotopic (exact) mass is 718 g/mol. The lowest BCUT2D eigenvalue weighted by Crippen LogP contribution is -2.61. The zero-order valence-electron chi connectivity index (χ0n) is 33.4. The van der Waals surface area contributed by atoms with Gasteiger partial charge in [-0.1, -0.05) is 133 Å². The van der Waals surface area contributed by atoms with Gasteiger partial charge in [0.15, 0.2) is 0 Å². The van der Waals surface area contributed by atoms with Crippen LogP contribution < -0.4 is 16.4 Å². The number of aromatic nitrogens is 2. The highest BCUT2D eigenvalue weighted by Crippen LogP contribution is 2.62. The lowest BCUT2D eigenvalue weighted by Gasteiger charge is -2.44. The second-order valence-electron chi connectivity index (χ2n) is 19.3. The Bertz CT molecular complexity index is 3310. The van der Waals surface area contributed by atoms with E-state index in [9.17, 15) is 0 Å². The number of hydrogen-bond acceptors (Lipinski definition) is 0. The molecule has 13 rings (SSSR count). The van der Waals surface area contributed by atoms with Crippen LogP contribution in [0.4, 0.5) is 0 Å². The molecule has 268 valence electrons. The quantitative estimate of drug-likeness (QED) is 0.138. The van der Waals surface area contributed by atoms with Crippen LogP contribution in [0.15, 0.2) is 115 Å². The lowest BCUT2D eigenvalue weighted by atomic mass is 9.33. The van der Waals surface area contributed by atoms with Crippen LogP contribution in [-0.4, -0.2) is 15.8 Å². The van der Waals surface area contributed by atoms with Crippen molar-refractivity contribution in [2.75, 3.05) is 0 Å². The number of hydrogen-bond donors (Lipinski definition) is 0. The lowest BCUT2D eigenvalue weighted by molar-refractivity contribution is 0.588. The smallest absolute Gasteiger partial charge is 0.253 e. The first-order chi connectivity index (χ1) is 26.9. The molecule has 1 spiro atoms. The number of nitrogens with zero attached hydrogens (tertiary/aromatic N) is 2. The van der Waals surface area contributed by atoms with Gasteiger partial charge >= 0.3 is 0 Å². The molecule has 0 unspecified atom stereocenters. The molecule has 3 aliphatic heterocycles. The molecule has 3 heteroatoms. The summed E-state index contributed by atoms with van der Waals surface area (Å²) in [5.74, 6) is 0. The second-order valence-corrected chi connectivity index (χ2v) is 19.3. The van der Waals surface area contributed by atoms with E-state index in [0.717, 1.165) is 0 Å². The molecule has 9 aromatic rings. The molecule has 5 heterocycles. The van der Waals surface area contributed by atoms with E-state index in [1.54, 1.807) is 0 Å². The molecular weight excluding hydrogens is 675 g/mol. The van der Waals surface area contributed by atoms with Crippen molar-refractivity contribution in [1.82, 2.24) is 9.13 Å². The number of aryl methyl sites for hydroxylation is 1. The fourth-order valence-corrected chi connectivity index (χ4v) is 12.0. The van der Waals surface area contributed by atoms with E-state index in [0.29, 0.717) is 0 Å². The molecule has 0 amide bonds. The molecule has 2 nitrogen and oxygen atoms in total. The highest BCUT2D eigenvalue weighted by molar-refractivity contribution is 7.01. The van der Waals surface area contributed by atoms with E-state index in [1.165, 1.54) is 127 Å². The van der Waals surface area contributed by atoms with Gasteiger partial charge in [0.2, 0.25) is 0 Å². The topological polar surface area (TPSA) is 9.86 Å². The molecule has 56 heavy (non-hydrogen) atoms. The van der Waals surface area contributed by atoms with Gasteiger partial charge in [-0.25, -0.2) is 0 Å². The zero-order valence-corrected chi connectivity index (χ0v) is 33.4. The van der Waals surface area contributed by atoms with Gasteiger partial charge < -0.3 is 9.13 Å². The molecule has 0 saturated carbocycles. The molecular formula is C53H43BN2. The summed E-state index contributed by atoms with van der Waals surface area (Å²) in [5.41, 5.74) is 24.5. The third-order valence-corrected chi connectivity index (χ3v) is 14.6. The van der Waals surface area contributed by atoms with Gasteiger partial charge in [0.1, 0.15) is 0 Å². The van der Waals surface area contributed by atoms with Crippen LogP contribution >= 0.6 is 0 Å². The first-order valence-corrected chi connectivity index (χ1v) is 20.5. The molecule has 0 atom stereocenters. The van der Waals surface area contributed by atoms with Gasteiger partial charge in [-0.05, 0) is 126 Å². The first-order valence-electron chi connectivity index (χ1n) is 20.5.